The minimum absolute atomic E-state index is 0.361. The van der Waals surface area contributed by atoms with Crippen molar-refractivity contribution < 1.29 is 4.39 Å². The predicted octanol–water partition coefficient (Wildman–Crippen LogP) is 5.19. The molecule has 0 spiro atoms. The monoisotopic (exact) mass is 364 g/mol. The number of hydrogen-bond acceptors (Lipinski definition) is 4. The van der Waals surface area contributed by atoms with Crippen LogP contribution < -0.4 is 5.32 Å². The molecule has 4 aromatic rings. The van der Waals surface area contributed by atoms with Gasteiger partial charge in [-0.25, -0.2) is 14.4 Å². The van der Waals surface area contributed by atoms with E-state index in [-0.39, 0.29) is 5.82 Å². The highest BCUT2D eigenvalue weighted by Gasteiger charge is 2.11. The van der Waals surface area contributed by atoms with E-state index in [0.29, 0.717) is 10.8 Å². The lowest BCUT2D eigenvalue weighted by molar-refractivity contribution is 0.628. The molecule has 0 radical (unpaired) electrons. The van der Waals surface area contributed by atoms with Gasteiger partial charge in [0.15, 0.2) is 5.82 Å². The largest absolute Gasteiger partial charge is 0.373 e. The Morgan fingerprint density at radius 3 is 2.62 bits per heavy atom. The number of hydrogen-bond donors (Lipinski definition) is 1. The van der Waals surface area contributed by atoms with E-state index < -0.39 is 0 Å². The minimum Gasteiger partial charge on any atom is -0.373 e. The zero-order valence-corrected chi connectivity index (χ0v) is 14.6. The van der Waals surface area contributed by atoms with Crippen LogP contribution in [0.4, 0.5) is 10.2 Å². The number of anilines is 1. The average molecular weight is 365 g/mol. The highest BCUT2D eigenvalue weighted by atomic mass is 35.5. The second-order valence-electron chi connectivity index (χ2n) is 5.74. The Balaban J connectivity index is 1.91. The van der Waals surface area contributed by atoms with Crippen molar-refractivity contribution in [2.24, 2.45) is 0 Å². The van der Waals surface area contributed by atoms with Crippen molar-refractivity contribution in [2.75, 3.05) is 12.4 Å². The maximum absolute atomic E-state index is 13.3. The molecule has 0 saturated carbocycles. The number of nitrogens with one attached hydrogen (secondary N) is 1. The lowest BCUT2D eigenvalue weighted by Crippen LogP contribution is -1.99. The van der Waals surface area contributed by atoms with Crippen LogP contribution >= 0.6 is 11.6 Å². The second kappa shape index (κ2) is 6.69. The van der Waals surface area contributed by atoms with E-state index in [0.717, 1.165) is 33.4 Å². The van der Waals surface area contributed by atoms with E-state index in [1.807, 2.05) is 37.4 Å². The Labute approximate surface area is 154 Å². The molecular formula is C20H14ClFN4. The zero-order chi connectivity index (χ0) is 18.1. The molecule has 0 amide bonds. The van der Waals surface area contributed by atoms with Crippen molar-refractivity contribution in [3.05, 3.63) is 71.8 Å². The Kier molecular flexibility index (Phi) is 4.22. The molecule has 2 heterocycles. The van der Waals surface area contributed by atoms with Gasteiger partial charge in [-0.3, -0.25) is 4.98 Å². The molecule has 0 aliphatic rings. The number of fused-ring (bicyclic) bond motifs is 1. The third-order valence-corrected chi connectivity index (χ3v) is 4.41. The van der Waals surface area contributed by atoms with Crippen LogP contribution in [0.1, 0.15) is 0 Å². The Morgan fingerprint density at radius 1 is 1.00 bits per heavy atom. The molecule has 4 nitrogen and oxygen atoms in total. The van der Waals surface area contributed by atoms with Crippen LogP contribution in [-0.2, 0) is 0 Å². The van der Waals surface area contributed by atoms with Crippen molar-refractivity contribution in [1.29, 1.82) is 0 Å². The topological polar surface area (TPSA) is 50.7 Å². The minimum atomic E-state index is -0.363. The molecule has 2 aromatic carbocycles. The van der Waals surface area contributed by atoms with Gasteiger partial charge in [0.2, 0.25) is 0 Å². The summed E-state index contributed by atoms with van der Waals surface area (Å²) >= 11 is 6.21. The first-order valence-corrected chi connectivity index (χ1v) is 8.39. The number of pyridine rings is 1. The molecular weight excluding hydrogens is 351 g/mol. The van der Waals surface area contributed by atoms with Crippen LogP contribution in [0.15, 0.2) is 60.9 Å². The Morgan fingerprint density at radius 2 is 1.88 bits per heavy atom. The maximum Gasteiger partial charge on any atom is 0.163 e. The van der Waals surface area contributed by atoms with E-state index in [1.54, 1.807) is 18.5 Å². The van der Waals surface area contributed by atoms with Gasteiger partial charge in [0.05, 0.1) is 10.5 Å². The van der Waals surface area contributed by atoms with Crippen LogP contribution in [0.3, 0.4) is 0 Å². The van der Waals surface area contributed by atoms with Gasteiger partial charge in [0.25, 0.3) is 0 Å². The van der Waals surface area contributed by atoms with Gasteiger partial charge in [-0.15, -0.1) is 0 Å². The maximum atomic E-state index is 13.3. The quantitative estimate of drug-likeness (QED) is 0.543. The van der Waals surface area contributed by atoms with Crippen LogP contribution in [0, 0.1) is 5.82 Å². The summed E-state index contributed by atoms with van der Waals surface area (Å²) in [5.41, 5.74) is 3.21. The van der Waals surface area contributed by atoms with E-state index in [9.17, 15) is 4.39 Å². The zero-order valence-electron chi connectivity index (χ0n) is 13.9. The molecule has 2 aromatic heterocycles. The van der Waals surface area contributed by atoms with Gasteiger partial charge >= 0.3 is 0 Å². The first kappa shape index (κ1) is 16.4. The van der Waals surface area contributed by atoms with Gasteiger partial charge < -0.3 is 5.32 Å². The SMILES string of the molecule is CNc1nc(-c2cccnc2)nc2cc(-c3ccc(F)cc3Cl)ccc12. The summed E-state index contributed by atoms with van der Waals surface area (Å²) in [4.78, 5) is 13.4. The fourth-order valence-corrected chi connectivity index (χ4v) is 3.11. The first-order chi connectivity index (χ1) is 12.7. The number of nitrogens with zero attached hydrogens (tertiary/aromatic N) is 3. The van der Waals surface area contributed by atoms with Gasteiger partial charge in [-0.2, -0.15) is 0 Å². The van der Waals surface area contributed by atoms with Gasteiger partial charge in [0, 0.05) is 36.0 Å². The van der Waals surface area contributed by atoms with Gasteiger partial charge in [-0.1, -0.05) is 17.7 Å². The summed E-state index contributed by atoms with van der Waals surface area (Å²) in [6, 6.07) is 13.9. The number of benzene rings is 2. The van der Waals surface area contributed by atoms with Crippen LogP contribution in [0.25, 0.3) is 33.4 Å². The third-order valence-electron chi connectivity index (χ3n) is 4.10. The Bertz CT molecular complexity index is 1100. The molecule has 0 aliphatic heterocycles. The van der Waals surface area contributed by atoms with Gasteiger partial charge in [0.1, 0.15) is 11.6 Å². The summed E-state index contributed by atoms with van der Waals surface area (Å²) in [5.74, 6) is 0.945. The smallest absolute Gasteiger partial charge is 0.163 e. The van der Waals surface area contributed by atoms with E-state index in [1.165, 1.54) is 12.1 Å². The molecule has 4 rings (SSSR count). The van der Waals surface area contributed by atoms with Crippen molar-refractivity contribution in [1.82, 2.24) is 15.0 Å². The normalized spacial score (nSPS) is 10.9. The summed E-state index contributed by atoms with van der Waals surface area (Å²) in [7, 11) is 1.82. The summed E-state index contributed by atoms with van der Waals surface area (Å²) in [6.07, 6.45) is 3.43. The standard InChI is InChI=1S/C20H14ClFN4/c1-23-20-16-6-4-12(15-7-5-14(22)10-17(15)21)9-18(16)25-19(26-20)13-3-2-8-24-11-13/h2-11H,1H3,(H,23,25,26). The van der Waals surface area contributed by atoms with E-state index >= 15 is 0 Å². The molecule has 0 unspecified atom stereocenters. The van der Waals surface area contributed by atoms with Crippen molar-refractivity contribution in [3.8, 4) is 22.5 Å². The van der Waals surface area contributed by atoms with Crippen molar-refractivity contribution >= 4 is 28.3 Å². The molecule has 0 atom stereocenters. The van der Waals surface area contributed by atoms with E-state index in [2.05, 4.69) is 20.3 Å². The van der Waals surface area contributed by atoms with E-state index in [4.69, 9.17) is 11.6 Å². The fourth-order valence-electron chi connectivity index (χ4n) is 2.84. The molecule has 26 heavy (non-hydrogen) atoms. The third kappa shape index (κ3) is 2.97. The van der Waals surface area contributed by atoms with Crippen molar-refractivity contribution in [2.45, 2.75) is 0 Å². The highest BCUT2D eigenvalue weighted by molar-refractivity contribution is 6.33. The molecule has 0 fully saturated rings. The van der Waals surface area contributed by atoms with Crippen LogP contribution in [0.5, 0.6) is 0 Å². The summed E-state index contributed by atoms with van der Waals surface area (Å²) < 4.78 is 13.3. The second-order valence-corrected chi connectivity index (χ2v) is 6.15. The molecule has 0 saturated heterocycles. The lowest BCUT2D eigenvalue weighted by Gasteiger charge is -2.10. The lowest BCUT2D eigenvalue weighted by atomic mass is 10.0. The highest BCUT2D eigenvalue weighted by Crippen LogP contribution is 2.32. The number of aromatic nitrogens is 3. The van der Waals surface area contributed by atoms with Crippen LogP contribution in [-0.4, -0.2) is 22.0 Å². The average Bonchev–Trinajstić information content (AvgIpc) is 2.67. The number of halogens is 2. The summed E-state index contributed by atoms with van der Waals surface area (Å²) in [6.45, 7) is 0. The Hall–Kier alpha value is -3.05. The van der Waals surface area contributed by atoms with Crippen LogP contribution in [0.2, 0.25) is 5.02 Å². The number of rotatable bonds is 3. The first-order valence-electron chi connectivity index (χ1n) is 8.01. The van der Waals surface area contributed by atoms with Crippen molar-refractivity contribution in [3.63, 3.8) is 0 Å². The molecule has 128 valence electrons. The molecule has 6 heteroatoms. The fraction of sp³-hybridized carbons (Fsp3) is 0.0500. The summed E-state index contributed by atoms with van der Waals surface area (Å²) in [5, 5.41) is 4.36. The van der Waals surface area contributed by atoms with Gasteiger partial charge in [-0.05, 0) is 48.0 Å². The molecule has 0 bridgehead atoms. The predicted molar refractivity (Wildman–Crippen MR) is 103 cm³/mol. The molecule has 0 aliphatic carbocycles. The molecule has 1 N–H and O–H groups in total.